The van der Waals surface area contributed by atoms with Crippen LogP contribution in [0.5, 0.6) is 0 Å². The van der Waals surface area contributed by atoms with Crippen LogP contribution in [0.3, 0.4) is 0 Å². The van der Waals surface area contributed by atoms with E-state index in [4.69, 9.17) is 5.73 Å². The molecule has 0 unspecified atom stereocenters. The van der Waals surface area contributed by atoms with Crippen molar-refractivity contribution >= 4 is 41.6 Å². The first-order valence-electron chi connectivity index (χ1n) is 8.38. The molecule has 136 valence electrons. The highest BCUT2D eigenvalue weighted by molar-refractivity contribution is 14.0. The van der Waals surface area contributed by atoms with Crippen LogP contribution >= 0.6 is 24.0 Å². The molecule has 1 rings (SSSR count). The lowest BCUT2D eigenvalue weighted by atomic mass is 10.1. The van der Waals surface area contributed by atoms with Crippen molar-refractivity contribution in [3.63, 3.8) is 0 Å². The SMILES string of the molecule is CCc1cccc(NC(N)=NCCCCCCCC(=O)OC)c1.I. The fourth-order valence-electron chi connectivity index (χ4n) is 2.27. The zero-order valence-corrected chi connectivity index (χ0v) is 17.0. The predicted octanol–water partition coefficient (Wildman–Crippen LogP) is 4.11. The van der Waals surface area contributed by atoms with Gasteiger partial charge < -0.3 is 15.8 Å². The number of nitrogens with one attached hydrogen (secondary N) is 1. The molecule has 0 aromatic heterocycles. The van der Waals surface area contributed by atoms with Crippen LogP contribution in [0.4, 0.5) is 5.69 Å². The number of halogens is 1. The van der Waals surface area contributed by atoms with Gasteiger partial charge in [0.25, 0.3) is 0 Å². The molecule has 0 bridgehead atoms. The number of carbonyl (C=O) groups is 1. The van der Waals surface area contributed by atoms with Gasteiger partial charge in [-0.3, -0.25) is 9.79 Å². The normalized spacial score (nSPS) is 10.8. The van der Waals surface area contributed by atoms with Crippen molar-refractivity contribution in [2.45, 2.75) is 51.9 Å². The van der Waals surface area contributed by atoms with Crippen LogP contribution in [0.2, 0.25) is 0 Å². The number of hydrogen-bond donors (Lipinski definition) is 2. The Morgan fingerprint density at radius 3 is 2.62 bits per heavy atom. The highest BCUT2D eigenvalue weighted by atomic mass is 127. The number of ether oxygens (including phenoxy) is 1. The van der Waals surface area contributed by atoms with Gasteiger partial charge >= 0.3 is 5.97 Å². The summed E-state index contributed by atoms with van der Waals surface area (Å²) in [4.78, 5) is 15.3. The molecule has 3 N–H and O–H groups in total. The van der Waals surface area contributed by atoms with Crippen LogP contribution in [-0.4, -0.2) is 25.6 Å². The van der Waals surface area contributed by atoms with E-state index in [1.807, 2.05) is 12.1 Å². The number of guanidine groups is 1. The van der Waals surface area contributed by atoms with Crippen LogP contribution in [0, 0.1) is 0 Å². The Kier molecular flexibility index (Phi) is 13.3. The average Bonchev–Trinajstić information content (AvgIpc) is 2.57. The van der Waals surface area contributed by atoms with Crippen LogP contribution in [0.15, 0.2) is 29.3 Å². The molecule has 6 heteroatoms. The Hall–Kier alpha value is -1.31. The van der Waals surface area contributed by atoms with Crippen LogP contribution in [0.1, 0.15) is 51.0 Å². The first-order valence-corrected chi connectivity index (χ1v) is 8.38. The fraction of sp³-hybridized carbons (Fsp3) is 0.556. The summed E-state index contributed by atoms with van der Waals surface area (Å²) in [6.45, 7) is 2.85. The lowest BCUT2D eigenvalue weighted by molar-refractivity contribution is -0.140. The standard InChI is InChI=1S/C18H29N3O2.HI/c1-3-15-10-9-11-16(14-15)21-18(19)20-13-8-6-4-5-7-12-17(22)23-2;/h9-11,14H,3-8,12-13H2,1-2H3,(H3,19,20,21);1H. The van der Waals surface area contributed by atoms with Crippen LogP contribution in [0.25, 0.3) is 0 Å². The van der Waals surface area contributed by atoms with Crippen molar-refractivity contribution in [3.05, 3.63) is 29.8 Å². The first-order chi connectivity index (χ1) is 11.2. The van der Waals surface area contributed by atoms with E-state index in [0.29, 0.717) is 12.4 Å². The molecule has 1 aromatic rings. The lowest BCUT2D eigenvalue weighted by Crippen LogP contribution is -2.22. The maximum absolute atomic E-state index is 11.0. The molecule has 0 amide bonds. The third-order valence-corrected chi connectivity index (χ3v) is 3.66. The van der Waals surface area contributed by atoms with E-state index in [1.165, 1.54) is 12.7 Å². The van der Waals surface area contributed by atoms with E-state index in [1.54, 1.807) is 0 Å². The van der Waals surface area contributed by atoms with Gasteiger partial charge in [0.2, 0.25) is 0 Å². The topological polar surface area (TPSA) is 76.7 Å². The summed E-state index contributed by atoms with van der Waals surface area (Å²) in [6, 6.07) is 8.19. The number of esters is 1. The molecule has 0 atom stereocenters. The zero-order valence-electron chi connectivity index (χ0n) is 14.7. The zero-order chi connectivity index (χ0) is 16.9. The molecule has 0 fully saturated rings. The number of aryl methyl sites for hydroxylation is 1. The van der Waals surface area contributed by atoms with E-state index in [2.05, 4.69) is 34.1 Å². The van der Waals surface area contributed by atoms with Gasteiger partial charge in [-0.25, -0.2) is 0 Å². The van der Waals surface area contributed by atoms with Crippen molar-refractivity contribution in [2.75, 3.05) is 19.0 Å². The number of benzene rings is 1. The summed E-state index contributed by atoms with van der Waals surface area (Å²) < 4.78 is 4.61. The molecule has 0 aliphatic carbocycles. The summed E-state index contributed by atoms with van der Waals surface area (Å²) in [6.07, 6.45) is 6.69. The molecule has 0 heterocycles. The van der Waals surface area contributed by atoms with Crippen molar-refractivity contribution in [1.29, 1.82) is 0 Å². The predicted molar refractivity (Wildman–Crippen MR) is 111 cm³/mol. The van der Waals surface area contributed by atoms with Gasteiger partial charge in [0.15, 0.2) is 5.96 Å². The van der Waals surface area contributed by atoms with Crippen molar-refractivity contribution in [2.24, 2.45) is 10.7 Å². The van der Waals surface area contributed by atoms with E-state index >= 15 is 0 Å². The van der Waals surface area contributed by atoms with Crippen molar-refractivity contribution in [1.82, 2.24) is 0 Å². The molecule has 0 saturated heterocycles. The Morgan fingerprint density at radius 1 is 1.21 bits per heavy atom. The number of nitrogens with two attached hydrogens (primary N) is 1. The number of methoxy groups -OCH3 is 1. The van der Waals surface area contributed by atoms with E-state index < -0.39 is 0 Å². The second-order valence-electron chi connectivity index (χ2n) is 5.54. The molecule has 0 aliphatic heterocycles. The average molecular weight is 447 g/mol. The summed E-state index contributed by atoms with van der Waals surface area (Å²) in [5.41, 5.74) is 8.15. The number of rotatable bonds is 10. The largest absolute Gasteiger partial charge is 0.469 e. The van der Waals surface area contributed by atoms with Crippen molar-refractivity contribution < 1.29 is 9.53 Å². The van der Waals surface area contributed by atoms with Gasteiger partial charge in [0.1, 0.15) is 0 Å². The third-order valence-electron chi connectivity index (χ3n) is 3.66. The minimum atomic E-state index is -0.124. The number of anilines is 1. The quantitative estimate of drug-likeness (QED) is 0.186. The van der Waals surface area contributed by atoms with Gasteiger partial charge in [-0.1, -0.05) is 38.3 Å². The van der Waals surface area contributed by atoms with E-state index in [9.17, 15) is 4.79 Å². The monoisotopic (exact) mass is 447 g/mol. The van der Waals surface area contributed by atoms with E-state index in [-0.39, 0.29) is 29.9 Å². The summed E-state index contributed by atoms with van der Waals surface area (Å²) in [5, 5.41) is 3.12. The second-order valence-corrected chi connectivity index (χ2v) is 5.54. The Bertz CT molecular complexity index is 507. The van der Waals surface area contributed by atoms with Crippen molar-refractivity contribution in [3.8, 4) is 0 Å². The number of aliphatic imine (C=N–C) groups is 1. The first kappa shape index (κ1) is 22.7. The minimum absolute atomic E-state index is 0. The van der Waals surface area contributed by atoms with Gasteiger partial charge in [0.05, 0.1) is 7.11 Å². The molecule has 0 radical (unpaired) electrons. The molecule has 0 spiro atoms. The Morgan fingerprint density at radius 2 is 1.92 bits per heavy atom. The highest BCUT2D eigenvalue weighted by Crippen LogP contribution is 2.11. The molecule has 0 saturated carbocycles. The number of nitrogens with zero attached hydrogens (tertiary/aromatic N) is 1. The maximum Gasteiger partial charge on any atom is 0.305 e. The lowest BCUT2D eigenvalue weighted by Gasteiger charge is -2.07. The van der Waals surface area contributed by atoms with Gasteiger partial charge in [-0.2, -0.15) is 0 Å². The third kappa shape index (κ3) is 10.5. The van der Waals surface area contributed by atoms with Gasteiger partial charge in [-0.15, -0.1) is 24.0 Å². The molecule has 24 heavy (non-hydrogen) atoms. The number of hydrogen-bond acceptors (Lipinski definition) is 3. The molecular weight excluding hydrogens is 417 g/mol. The second kappa shape index (κ2) is 14.1. The van der Waals surface area contributed by atoms with Gasteiger partial charge in [0, 0.05) is 18.7 Å². The summed E-state index contributed by atoms with van der Waals surface area (Å²) in [5.74, 6) is 0.338. The maximum atomic E-state index is 11.0. The number of unbranched alkanes of at least 4 members (excludes halogenated alkanes) is 4. The van der Waals surface area contributed by atoms with Crippen LogP contribution in [-0.2, 0) is 16.0 Å². The Labute approximate surface area is 162 Å². The van der Waals surface area contributed by atoms with E-state index in [0.717, 1.165) is 50.8 Å². The smallest absolute Gasteiger partial charge is 0.305 e. The molecule has 0 aliphatic rings. The highest BCUT2D eigenvalue weighted by Gasteiger charge is 1.99. The molecule has 1 aromatic carbocycles. The minimum Gasteiger partial charge on any atom is -0.469 e. The summed E-state index contributed by atoms with van der Waals surface area (Å²) in [7, 11) is 1.43. The molecular formula is C18H30IN3O2. The number of carbonyl (C=O) groups excluding carboxylic acids is 1. The summed E-state index contributed by atoms with van der Waals surface area (Å²) >= 11 is 0. The fourth-order valence-corrected chi connectivity index (χ4v) is 2.27. The molecule has 5 nitrogen and oxygen atoms in total. The van der Waals surface area contributed by atoms with Gasteiger partial charge in [-0.05, 0) is 37.0 Å². The Balaban J connectivity index is 0.00000529. The van der Waals surface area contributed by atoms with Crippen LogP contribution < -0.4 is 11.1 Å².